The molecule has 1 rings (SSSR count). The van der Waals surface area contributed by atoms with E-state index in [9.17, 15) is 9.59 Å². The van der Waals surface area contributed by atoms with Crippen LogP contribution in [0.25, 0.3) is 0 Å². The average Bonchev–Trinajstić information content (AvgIpc) is 2.38. The van der Waals surface area contributed by atoms with Gasteiger partial charge in [0.1, 0.15) is 5.54 Å². The topological polar surface area (TPSA) is 46.6 Å². The summed E-state index contributed by atoms with van der Waals surface area (Å²) in [5, 5.41) is 0. The minimum Gasteiger partial charge on any atom is -0.464 e. The van der Waals surface area contributed by atoms with E-state index in [4.69, 9.17) is 4.74 Å². The number of carbonyl (C=O) groups is 2. The third-order valence-corrected chi connectivity index (χ3v) is 3.54. The van der Waals surface area contributed by atoms with Gasteiger partial charge in [0.25, 0.3) is 5.91 Å². The Kier molecular flexibility index (Phi) is 5.11. The highest BCUT2D eigenvalue weighted by atomic mass is 79.9. The number of hydrogen-bond donors (Lipinski definition) is 0. The van der Waals surface area contributed by atoms with Crippen LogP contribution in [-0.4, -0.2) is 36.0 Å². The summed E-state index contributed by atoms with van der Waals surface area (Å²) in [7, 11) is 1.60. The maximum absolute atomic E-state index is 12.3. The Bertz CT molecular complexity index is 468. The lowest BCUT2D eigenvalue weighted by atomic mass is 10.0. The predicted octanol–water partition coefficient (Wildman–Crippen LogP) is 2.86. The SMILES string of the molecule is CCOC(=O)C(C)(C)N(C)C(=O)c1ccc(Br)cc1. The first kappa shape index (κ1) is 15.7. The van der Waals surface area contributed by atoms with E-state index in [0.717, 1.165) is 4.47 Å². The van der Waals surface area contributed by atoms with E-state index in [-0.39, 0.29) is 5.91 Å². The van der Waals surface area contributed by atoms with Gasteiger partial charge in [-0.05, 0) is 45.0 Å². The number of likely N-dealkylation sites (N-methyl/N-ethyl adjacent to an activating group) is 1. The quantitative estimate of drug-likeness (QED) is 0.799. The summed E-state index contributed by atoms with van der Waals surface area (Å²) in [5.41, 5.74) is -0.469. The van der Waals surface area contributed by atoms with Gasteiger partial charge in [-0.3, -0.25) is 4.79 Å². The molecule has 0 aliphatic rings. The second-order valence-corrected chi connectivity index (χ2v) is 5.57. The van der Waals surface area contributed by atoms with Gasteiger partial charge in [0, 0.05) is 17.1 Å². The molecule has 0 spiro atoms. The molecule has 0 saturated heterocycles. The van der Waals surface area contributed by atoms with Gasteiger partial charge >= 0.3 is 5.97 Å². The molecule has 0 fully saturated rings. The van der Waals surface area contributed by atoms with Crippen LogP contribution in [0.15, 0.2) is 28.7 Å². The summed E-state index contributed by atoms with van der Waals surface area (Å²) in [6.45, 7) is 5.37. The first-order chi connectivity index (χ1) is 8.80. The molecule has 4 nitrogen and oxygen atoms in total. The Morgan fingerprint density at radius 1 is 1.26 bits per heavy atom. The van der Waals surface area contributed by atoms with Crippen molar-refractivity contribution in [2.75, 3.05) is 13.7 Å². The molecular formula is C14H18BrNO3. The monoisotopic (exact) mass is 327 g/mol. The van der Waals surface area contributed by atoms with Crippen molar-refractivity contribution >= 4 is 27.8 Å². The summed E-state index contributed by atoms with van der Waals surface area (Å²) in [4.78, 5) is 25.6. The Morgan fingerprint density at radius 3 is 2.26 bits per heavy atom. The van der Waals surface area contributed by atoms with E-state index >= 15 is 0 Å². The number of halogens is 1. The van der Waals surface area contributed by atoms with Crippen LogP contribution in [0.1, 0.15) is 31.1 Å². The van der Waals surface area contributed by atoms with Crippen LogP contribution in [-0.2, 0) is 9.53 Å². The molecule has 0 radical (unpaired) electrons. The van der Waals surface area contributed by atoms with Crippen LogP contribution in [0.5, 0.6) is 0 Å². The molecule has 0 unspecified atom stereocenters. The summed E-state index contributed by atoms with van der Waals surface area (Å²) < 4.78 is 5.89. The second kappa shape index (κ2) is 6.19. The predicted molar refractivity (Wildman–Crippen MR) is 76.9 cm³/mol. The molecule has 1 aromatic rings. The Hall–Kier alpha value is -1.36. The van der Waals surface area contributed by atoms with Gasteiger partial charge in [0.15, 0.2) is 0 Å². The molecule has 0 N–H and O–H groups in total. The molecule has 5 heteroatoms. The maximum Gasteiger partial charge on any atom is 0.331 e. The summed E-state index contributed by atoms with van der Waals surface area (Å²) >= 11 is 3.32. The van der Waals surface area contributed by atoms with E-state index in [1.54, 1.807) is 52.1 Å². The number of amides is 1. The smallest absolute Gasteiger partial charge is 0.331 e. The second-order valence-electron chi connectivity index (χ2n) is 4.65. The van der Waals surface area contributed by atoms with Crippen molar-refractivity contribution in [3.05, 3.63) is 34.3 Å². The van der Waals surface area contributed by atoms with Gasteiger partial charge in [-0.15, -0.1) is 0 Å². The van der Waals surface area contributed by atoms with Crippen LogP contribution >= 0.6 is 15.9 Å². The van der Waals surface area contributed by atoms with Gasteiger partial charge in [-0.2, -0.15) is 0 Å². The molecule has 0 saturated carbocycles. The number of esters is 1. The highest BCUT2D eigenvalue weighted by Crippen LogP contribution is 2.19. The lowest BCUT2D eigenvalue weighted by molar-refractivity contribution is -0.153. The van der Waals surface area contributed by atoms with Gasteiger partial charge in [0.05, 0.1) is 6.61 Å². The molecule has 104 valence electrons. The molecule has 19 heavy (non-hydrogen) atoms. The summed E-state index contributed by atoms with van der Waals surface area (Å²) in [6.07, 6.45) is 0. The van der Waals surface area contributed by atoms with Gasteiger partial charge in [0.2, 0.25) is 0 Å². The highest BCUT2D eigenvalue weighted by molar-refractivity contribution is 9.10. The zero-order chi connectivity index (χ0) is 14.6. The van der Waals surface area contributed by atoms with Crippen molar-refractivity contribution in [2.24, 2.45) is 0 Å². The molecule has 0 aliphatic carbocycles. The van der Waals surface area contributed by atoms with E-state index in [0.29, 0.717) is 12.2 Å². The normalized spacial score (nSPS) is 11.0. The largest absolute Gasteiger partial charge is 0.464 e. The molecule has 0 aromatic heterocycles. The summed E-state index contributed by atoms with van der Waals surface area (Å²) in [5.74, 6) is -0.631. The highest BCUT2D eigenvalue weighted by Gasteiger charge is 2.37. The molecule has 1 aromatic carbocycles. The lowest BCUT2D eigenvalue weighted by Gasteiger charge is -2.33. The minimum absolute atomic E-state index is 0.217. The van der Waals surface area contributed by atoms with E-state index in [1.807, 2.05) is 0 Å². The fourth-order valence-electron chi connectivity index (χ4n) is 1.48. The Balaban J connectivity index is 2.92. The minimum atomic E-state index is -1.000. The van der Waals surface area contributed by atoms with Crippen LogP contribution < -0.4 is 0 Å². The first-order valence-corrected chi connectivity index (χ1v) is 6.81. The maximum atomic E-state index is 12.3. The third-order valence-electron chi connectivity index (χ3n) is 3.01. The van der Waals surface area contributed by atoms with Gasteiger partial charge in [-0.25, -0.2) is 4.79 Å². The van der Waals surface area contributed by atoms with Crippen molar-refractivity contribution in [3.8, 4) is 0 Å². The van der Waals surface area contributed by atoms with E-state index in [2.05, 4.69) is 15.9 Å². The van der Waals surface area contributed by atoms with E-state index in [1.165, 1.54) is 4.90 Å². The van der Waals surface area contributed by atoms with Crippen LogP contribution in [0.2, 0.25) is 0 Å². The molecule has 0 aliphatic heterocycles. The van der Waals surface area contributed by atoms with E-state index < -0.39 is 11.5 Å². The zero-order valence-corrected chi connectivity index (χ0v) is 13.2. The van der Waals surface area contributed by atoms with Crippen molar-refractivity contribution in [1.82, 2.24) is 4.90 Å². The number of benzene rings is 1. The number of ether oxygens (including phenoxy) is 1. The van der Waals surface area contributed by atoms with Crippen LogP contribution in [0.4, 0.5) is 0 Å². The average molecular weight is 328 g/mol. The summed E-state index contributed by atoms with van der Waals surface area (Å²) in [6, 6.07) is 7.01. The molecular weight excluding hydrogens is 310 g/mol. The molecule has 0 bridgehead atoms. The fraction of sp³-hybridized carbons (Fsp3) is 0.429. The zero-order valence-electron chi connectivity index (χ0n) is 11.6. The molecule has 0 heterocycles. The number of carbonyl (C=O) groups excluding carboxylic acids is 2. The Labute approximate surface area is 121 Å². The van der Waals surface area contributed by atoms with Crippen molar-refractivity contribution in [3.63, 3.8) is 0 Å². The fourth-order valence-corrected chi connectivity index (χ4v) is 1.75. The van der Waals surface area contributed by atoms with Crippen LogP contribution in [0.3, 0.4) is 0 Å². The number of hydrogen-bond acceptors (Lipinski definition) is 3. The van der Waals surface area contributed by atoms with Crippen molar-refractivity contribution in [2.45, 2.75) is 26.3 Å². The van der Waals surface area contributed by atoms with Crippen molar-refractivity contribution < 1.29 is 14.3 Å². The Morgan fingerprint density at radius 2 is 1.79 bits per heavy atom. The molecule has 1 amide bonds. The standard InChI is InChI=1S/C14H18BrNO3/c1-5-19-13(18)14(2,3)16(4)12(17)10-6-8-11(15)9-7-10/h6-9H,5H2,1-4H3. The molecule has 0 atom stereocenters. The number of nitrogens with zero attached hydrogens (tertiary/aromatic N) is 1. The lowest BCUT2D eigenvalue weighted by Crippen LogP contribution is -2.51. The third kappa shape index (κ3) is 3.56. The van der Waals surface area contributed by atoms with Crippen LogP contribution in [0, 0.1) is 0 Å². The van der Waals surface area contributed by atoms with Crippen molar-refractivity contribution in [1.29, 1.82) is 0 Å². The first-order valence-electron chi connectivity index (χ1n) is 6.01. The van der Waals surface area contributed by atoms with Gasteiger partial charge < -0.3 is 9.64 Å². The van der Waals surface area contributed by atoms with Gasteiger partial charge in [-0.1, -0.05) is 15.9 Å². The number of rotatable bonds is 4.